The number of aliphatic hydroxyl groups is 1. The average molecular weight is 291 g/mol. The zero-order chi connectivity index (χ0) is 15.1. The van der Waals surface area contributed by atoms with Crippen LogP contribution in [0.2, 0.25) is 0 Å². The molecule has 4 nitrogen and oxygen atoms in total. The first-order valence-electron chi connectivity index (χ1n) is 7.77. The quantitative estimate of drug-likeness (QED) is 0.812. The van der Waals surface area contributed by atoms with E-state index < -0.39 is 6.10 Å². The molecule has 0 saturated heterocycles. The summed E-state index contributed by atoms with van der Waals surface area (Å²) < 4.78 is 5.13. The van der Waals surface area contributed by atoms with Crippen LogP contribution < -0.4 is 10.1 Å². The molecule has 1 aliphatic rings. The third-order valence-corrected chi connectivity index (χ3v) is 4.23. The van der Waals surface area contributed by atoms with Crippen molar-refractivity contribution < 1.29 is 14.6 Å². The van der Waals surface area contributed by atoms with Crippen LogP contribution in [0.5, 0.6) is 5.75 Å². The Kier molecular flexibility index (Phi) is 6.05. The summed E-state index contributed by atoms with van der Waals surface area (Å²) in [4.78, 5) is 11.8. The van der Waals surface area contributed by atoms with Crippen molar-refractivity contribution in [3.63, 3.8) is 0 Å². The van der Waals surface area contributed by atoms with Crippen molar-refractivity contribution in [3.8, 4) is 5.75 Å². The summed E-state index contributed by atoms with van der Waals surface area (Å²) in [5, 5.41) is 12.9. The van der Waals surface area contributed by atoms with E-state index in [4.69, 9.17) is 4.74 Å². The van der Waals surface area contributed by atoms with E-state index >= 15 is 0 Å². The van der Waals surface area contributed by atoms with Crippen molar-refractivity contribution in [2.45, 2.75) is 44.6 Å². The van der Waals surface area contributed by atoms with Crippen LogP contribution in [0, 0.1) is 5.92 Å². The van der Waals surface area contributed by atoms with E-state index in [0.29, 0.717) is 12.2 Å². The smallest absolute Gasteiger partial charge is 0.220 e. The maximum absolute atomic E-state index is 11.8. The lowest BCUT2D eigenvalue weighted by Crippen LogP contribution is -2.28. The first-order valence-corrected chi connectivity index (χ1v) is 7.77. The van der Waals surface area contributed by atoms with E-state index in [-0.39, 0.29) is 12.5 Å². The van der Waals surface area contributed by atoms with Crippen molar-refractivity contribution in [2.75, 3.05) is 13.7 Å². The number of benzene rings is 1. The topological polar surface area (TPSA) is 58.6 Å². The van der Waals surface area contributed by atoms with E-state index in [9.17, 15) is 9.90 Å². The zero-order valence-electron chi connectivity index (χ0n) is 12.7. The molecule has 1 fully saturated rings. The van der Waals surface area contributed by atoms with Gasteiger partial charge in [-0.15, -0.1) is 0 Å². The van der Waals surface area contributed by atoms with E-state index in [0.717, 1.165) is 17.9 Å². The van der Waals surface area contributed by atoms with Crippen LogP contribution in [-0.2, 0) is 4.79 Å². The molecule has 1 aromatic rings. The van der Waals surface area contributed by atoms with Crippen LogP contribution in [0.1, 0.15) is 50.2 Å². The number of aliphatic hydroxyl groups excluding tert-OH is 1. The van der Waals surface area contributed by atoms with Gasteiger partial charge in [0.05, 0.1) is 13.2 Å². The third-order valence-electron chi connectivity index (χ3n) is 4.23. The van der Waals surface area contributed by atoms with Crippen LogP contribution in [0.15, 0.2) is 24.3 Å². The lowest BCUT2D eigenvalue weighted by Gasteiger charge is -2.14. The number of hydrogen-bond donors (Lipinski definition) is 2. The van der Waals surface area contributed by atoms with Gasteiger partial charge >= 0.3 is 0 Å². The van der Waals surface area contributed by atoms with Gasteiger partial charge in [-0.25, -0.2) is 0 Å². The second-order valence-electron chi connectivity index (χ2n) is 5.79. The summed E-state index contributed by atoms with van der Waals surface area (Å²) >= 11 is 0. The maximum Gasteiger partial charge on any atom is 0.220 e. The van der Waals surface area contributed by atoms with Crippen molar-refractivity contribution in [3.05, 3.63) is 29.8 Å². The monoisotopic (exact) mass is 291 g/mol. The molecule has 0 radical (unpaired) electrons. The fourth-order valence-electron chi connectivity index (χ4n) is 2.90. The first-order chi connectivity index (χ1) is 10.2. The minimum absolute atomic E-state index is 0.0313. The highest BCUT2D eigenvalue weighted by Gasteiger charge is 2.16. The molecule has 4 heteroatoms. The van der Waals surface area contributed by atoms with Gasteiger partial charge < -0.3 is 15.2 Å². The Bertz CT molecular complexity index is 455. The largest absolute Gasteiger partial charge is 0.497 e. The molecule has 1 aromatic carbocycles. The zero-order valence-corrected chi connectivity index (χ0v) is 12.7. The Balaban J connectivity index is 1.72. The minimum Gasteiger partial charge on any atom is -0.497 e. The number of amides is 1. The highest BCUT2D eigenvalue weighted by molar-refractivity contribution is 5.75. The average Bonchev–Trinajstić information content (AvgIpc) is 3.04. The van der Waals surface area contributed by atoms with E-state index in [1.807, 2.05) is 18.2 Å². The maximum atomic E-state index is 11.8. The van der Waals surface area contributed by atoms with Gasteiger partial charge in [0.15, 0.2) is 0 Å². The second-order valence-corrected chi connectivity index (χ2v) is 5.79. The van der Waals surface area contributed by atoms with E-state index in [1.54, 1.807) is 13.2 Å². The highest BCUT2D eigenvalue weighted by atomic mass is 16.5. The van der Waals surface area contributed by atoms with Gasteiger partial charge in [0, 0.05) is 13.0 Å². The Hall–Kier alpha value is -1.55. The van der Waals surface area contributed by atoms with Gasteiger partial charge in [0.25, 0.3) is 0 Å². The fraction of sp³-hybridized carbons (Fsp3) is 0.588. The summed E-state index contributed by atoms with van der Waals surface area (Å²) in [6.45, 7) is 0.247. The number of carbonyl (C=O) groups excluding carboxylic acids is 1. The number of ether oxygens (including phenoxy) is 1. The molecule has 2 N–H and O–H groups in total. The van der Waals surface area contributed by atoms with Gasteiger partial charge in [-0.1, -0.05) is 37.8 Å². The first kappa shape index (κ1) is 15.8. The molecule has 0 bridgehead atoms. The normalized spacial score (nSPS) is 16.7. The van der Waals surface area contributed by atoms with Crippen molar-refractivity contribution in [1.29, 1.82) is 0 Å². The molecular formula is C17H25NO3. The number of methoxy groups -OCH3 is 1. The summed E-state index contributed by atoms with van der Waals surface area (Å²) in [6.07, 6.45) is 5.98. The lowest BCUT2D eigenvalue weighted by molar-refractivity contribution is -0.121. The molecule has 1 aliphatic carbocycles. The van der Waals surface area contributed by atoms with Crippen LogP contribution in [0.4, 0.5) is 0 Å². The van der Waals surface area contributed by atoms with Gasteiger partial charge in [-0.3, -0.25) is 4.79 Å². The SMILES string of the molecule is COc1cccc(C(O)CNC(=O)CCC2CCCC2)c1. The predicted octanol–water partition coefficient (Wildman–Crippen LogP) is 2.82. The van der Waals surface area contributed by atoms with Crippen molar-refractivity contribution in [1.82, 2.24) is 5.32 Å². The molecule has 1 saturated carbocycles. The van der Waals surface area contributed by atoms with Gasteiger partial charge in [0.2, 0.25) is 5.91 Å². The summed E-state index contributed by atoms with van der Waals surface area (Å²) in [6, 6.07) is 7.28. The Morgan fingerprint density at radius 2 is 2.19 bits per heavy atom. The summed E-state index contributed by atoms with van der Waals surface area (Å²) in [7, 11) is 1.59. The lowest BCUT2D eigenvalue weighted by atomic mass is 10.0. The number of carbonyl (C=O) groups is 1. The minimum atomic E-state index is -0.699. The molecule has 0 aromatic heterocycles. The van der Waals surface area contributed by atoms with E-state index in [2.05, 4.69) is 5.32 Å². The van der Waals surface area contributed by atoms with Gasteiger partial charge in [0.1, 0.15) is 5.75 Å². The molecular weight excluding hydrogens is 266 g/mol. The van der Waals surface area contributed by atoms with E-state index in [1.165, 1.54) is 25.7 Å². The third kappa shape index (κ3) is 5.05. The number of hydrogen-bond acceptors (Lipinski definition) is 3. The van der Waals surface area contributed by atoms with Crippen LogP contribution in [-0.4, -0.2) is 24.7 Å². The molecule has 0 spiro atoms. The molecule has 1 amide bonds. The Labute approximate surface area is 126 Å². The molecule has 1 unspecified atom stereocenters. The molecule has 0 heterocycles. The van der Waals surface area contributed by atoms with Crippen molar-refractivity contribution >= 4 is 5.91 Å². The molecule has 2 rings (SSSR count). The second kappa shape index (κ2) is 8.03. The summed E-state index contributed by atoms with van der Waals surface area (Å²) in [5.74, 6) is 1.46. The number of rotatable bonds is 7. The summed E-state index contributed by atoms with van der Waals surface area (Å²) in [5.41, 5.74) is 0.755. The van der Waals surface area contributed by atoms with Gasteiger partial charge in [-0.2, -0.15) is 0 Å². The molecule has 0 aliphatic heterocycles. The molecule has 116 valence electrons. The fourth-order valence-corrected chi connectivity index (χ4v) is 2.90. The van der Waals surface area contributed by atoms with Gasteiger partial charge in [-0.05, 0) is 30.0 Å². The molecule has 21 heavy (non-hydrogen) atoms. The van der Waals surface area contributed by atoms with Crippen LogP contribution >= 0.6 is 0 Å². The highest BCUT2D eigenvalue weighted by Crippen LogP contribution is 2.28. The Morgan fingerprint density at radius 1 is 1.43 bits per heavy atom. The van der Waals surface area contributed by atoms with Crippen LogP contribution in [0.3, 0.4) is 0 Å². The standard InChI is InChI=1S/C17H25NO3/c1-21-15-8-4-7-14(11-15)16(19)12-18-17(20)10-9-13-5-2-3-6-13/h4,7-8,11,13,16,19H,2-3,5-6,9-10,12H2,1H3,(H,18,20). The van der Waals surface area contributed by atoms with Crippen molar-refractivity contribution in [2.24, 2.45) is 5.92 Å². The van der Waals surface area contributed by atoms with Crippen LogP contribution in [0.25, 0.3) is 0 Å². The molecule has 1 atom stereocenters. The Morgan fingerprint density at radius 3 is 2.90 bits per heavy atom. The predicted molar refractivity (Wildman–Crippen MR) is 82.2 cm³/mol. The number of nitrogens with one attached hydrogen (secondary N) is 1.